The molecule has 0 aromatic carbocycles. The Morgan fingerprint density at radius 1 is 1.50 bits per heavy atom. The van der Waals surface area contributed by atoms with Crippen molar-refractivity contribution in [1.82, 2.24) is 10.2 Å². The van der Waals surface area contributed by atoms with Crippen molar-refractivity contribution >= 4 is 0 Å². The van der Waals surface area contributed by atoms with E-state index in [1.165, 1.54) is 32.6 Å². The minimum Gasteiger partial charge on any atom is -0.316 e. The van der Waals surface area contributed by atoms with Gasteiger partial charge in [-0.1, -0.05) is 6.92 Å². The molecule has 10 heavy (non-hydrogen) atoms. The standard InChI is InChI=1S/C8H18N2/c1-3-10(2)5-4-8-6-9-7-8/h8-9H,3-7H2,1-2H3. The van der Waals surface area contributed by atoms with Gasteiger partial charge in [-0.15, -0.1) is 0 Å². The third-order valence-corrected chi connectivity index (χ3v) is 2.32. The van der Waals surface area contributed by atoms with Crippen LogP contribution in [0, 0.1) is 5.92 Å². The van der Waals surface area contributed by atoms with E-state index in [4.69, 9.17) is 0 Å². The Bertz CT molecular complexity index is 84.5. The predicted octanol–water partition coefficient (Wildman–Crippen LogP) is 0.548. The largest absolute Gasteiger partial charge is 0.316 e. The van der Waals surface area contributed by atoms with Crippen LogP contribution in [-0.2, 0) is 0 Å². The van der Waals surface area contributed by atoms with Gasteiger partial charge in [0.25, 0.3) is 0 Å². The molecule has 1 heterocycles. The molecule has 1 N–H and O–H groups in total. The van der Waals surface area contributed by atoms with E-state index >= 15 is 0 Å². The minimum atomic E-state index is 0.967. The molecule has 0 unspecified atom stereocenters. The summed E-state index contributed by atoms with van der Waals surface area (Å²) in [7, 11) is 2.19. The quantitative estimate of drug-likeness (QED) is 0.616. The fraction of sp³-hybridized carbons (Fsp3) is 1.00. The summed E-state index contributed by atoms with van der Waals surface area (Å²) < 4.78 is 0. The Kier molecular flexibility index (Phi) is 3.16. The lowest BCUT2D eigenvalue weighted by molar-refractivity contribution is 0.263. The number of nitrogens with one attached hydrogen (secondary N) is 1. The van der Waals surface area contributed by atoms with Gasteiger partial charge in [0.1, 0.15) is 0 Å². The molecule has 0 saturated carbocycles. The van der Waals surface area contributed by atoms with Gasteiger partial charge >= 0.3 is 0 Å². The summed E-state index contributed by atoms with van der Waals surface area (Å²) in [6, 6.07) is 0. The topological polar surface area (TPSA) is 15.3 Å². The summed E-state index contributed by atoms with van der Waals surface area (Å²) >= 11 is 0. The van der Waals surface area contributed by atoms with Crippen LogP contribution in [-0.4, -0.2) is 38.1 Å². The molecule has 0 aromatic rings. The molecule has 0 amide bonds. The monoisotopic (exact) mass is 142 g/mol. The Labute approximate surface area is 63.6 Å². The molecular weight excluding hydrogens is 124 g/mol. The van der Waals surface area contributed by atoms with Gasteiger partial charge in [-0.3, -0.25) is 0 Å². The molecule has 0 aromatic heterocycles. The number of hydrogen-bond donors (Lipinski definition) is 1. The Balaban J connectivity index is 1.93. The van der Waals surface area contributed by atoms with E-state index in [-0.39, 0.29) is 0 Å². The second-order valence-corrected chi connectivity index (χ2v) is 3.21. The smallest absolute Gasteiger partial charge is 0.000778 e. The first-order valence-corrected chi connectivity index (χ1v) is 4.22. The minimum absolute atomic E-state index is 0.967. The summed E-state index contributed by atoms with van der Waals surface area (Å²) in [6.07, 6.45) is 1.37. The lowest BCUT2D eigenvalue weighted by Gasteiger charge is -2.28. The first-order valence-electron chi connectivity index (χ1n) is 4.22. The first-order chi connectivity index (χ1) is 4.83. The van der Waals surface area contributed by atoms with Gasteiger partial charge in [0.2, 0.25) is 0 Å². The molecule has 2 nitrogen and oxygen atoms in total. The summed E-state index contributed by atoms with van der Waals surface area (Å²) in [4.78, 5) is 2.37. The maximum absolute atomic E-state index is 3.28. The van der Waals surface area contributed by atoms with Crippen LogP contribution >= 0.6 is 0 Å². The Morgan fingerprint density at radius 3 is 2.60 bits per heavy atom. The molecule has 0 radical (unpaired) electrons. The molecule has 0 bridgehead atoms. The van der Waals surface area contributed by atoms with Crippen LogP contribution in [0.25, 0.3) is 0 Å². The molecule has 0 spiro atoms. The van der Waals surface area contributed by atoms with Gasteiger partial charge in [-0.25, -0.2) is 0 Å². The van der Waals surface area contributed by atoms with Crippen LogP contribution in [0.3, 0.4) is 0 Å². The SMILES string of the molecule is CCN(C)CCC1CNC1. The highest BCUT2D eigenvalue weighted by molar-refractivity contribution is 4.74. The van der Waals surface area contributed by atoms with Crippen molar-refractivity contribution in [2.45, 2.75) is 13.3 Å². The molecule has 60 valence electrons. The molecule has 1 fully saturated rings. The zero-order chi connectivity index (χ0) is 7.40. The van der Waals surface area contributed by atoms with Gasteiger partial charge in [0.05, 0.1) is 0 Å². The maximum Gasteiger partial charge on any atom is -0.000778 e. The van der Waals surface area contributed by atoms with Crippen molar-refractivity contribution in [2.24, 2.45) is 5.92 Å². The molecule has 1 saturated heterocycles. The van der Waals surface area contributed by atoms with Crippen LogP contribution in [0.1, 0.15) is 13.3 Å². The molecular formula is C8H18N2. The van der Waals surface area contributed by atoms with E-state index in [2.05, 4.69) is 24.2 Å². The average Bonchev–Trinajstić information content (AvgIpc) is 1.84. The average molecular weight is 142 g/mol. The Hall–Kier alpha value is -0.0800. The van der Waals surface area contributed by atoms with Gasteiger partial charge in [-0.05, 0) is 45.6 Å². The molecule has 2 heteroatoms. The maximum atomic E-state index is 3.28. The molecule has 0 aliphatic carbocycles. The first kappa shape index (κ1) is 8.02. The highest BCUT2D eigenvalue weighted by Crippen LogP contribution is 2.07. The number of rotatable bonds is 4. The summed E-state index contributed by atoms with van der Waals surface area (Å²) in [5.74, 6) is 0.967. The van der Waals surface area contributed by atoms with Gasteiger partial charge in [-0.2, -0.15) is 0 Å². The molecule has 1 aliphatic rings. The van der Waals surface area contributed by atoms with Crippen molar-refractivity contribution < 1.29 is 0 Å². The van der Waals surface area contributed by atoms with E-state index in [1.54, 1.807) is 0 Å². The van der Waals surface area contributed by atoms with E-state index < -0.39 is 0 Å². The summed E-state index contributed by atoms with van der Waals surface area (Å²) in [5.41, 5.74) is 0. The number of nitrogens with zero attached hydrogens (tertiary/aromatic N) is 1. The molecule has 1 rings (SSSR count). The van der Waals surface area contributed by atoms with E-state index in [0.717, 1.165) is 5.92 Å². The van der Waals surface area contributed by atoms with Crippen molar-refractivity contribution in [3.05, 3.63) is 0 Å². The van der Waals surface area contributed by atoms with E-state index in [1.807, 2.05) is 0 Å². The van der Waals surface area contributed by atoms with E-state index in [9.17, 15) is 0 Å². The Morgan fingerprint density at radius 2 is 2.20 bits per heavy atom. The van der Waals surface area contributed by atoms with Crippen LogP contribution in [0.2, 0.25) is 0 Å². The zero-order valence-corrected chi connectivity index (χ0v) is 7.06. The normalized spacial score (nSPS) is 19.5. The van der Waals surface area contributed by atoms with Gasteiger partial charge < -0.3 is 10.2 Å². The third-order valence-electron chi connectivity index (χ3n) is 2.32. The third kappa shape index (κ3) is 2.27. The second-order valence-electron chi connectivity index (χ2n) is 3.21. The lowest BCUT2D eigenvalue weighted by atomic mass is 9.99. The van der Waals surface area contributed by atoms with Crippen molar-refractivity contribution in [3.63, 3.8) is 0 Å². The second kappa shape index (κ2) is 3.94. The predicted molar refractivity (Wildman–Crippen MR) is 44.1 cm³/mol. The summed E-state index contributed by atoms with van der Waals surface area (Å²) in [6.45, 7) is 7.15. The fourth-order valence-electron chi connectivity index (χ4n) is 1.11. The van der Waals surface area contributed by atoms with Crippen LogP contribution in [0.4, 0.5) is 0 Å². The van der Waals surface area contributed by atoms with Crippen molar-refractivity contribution in [3.8, 4) is 0 Å². The molecule has 0 atom stereocenters. The highest BCUT2D eigenvalue weighted by atomic mass is 15.1. The van der Waals surface area contributed by atoms with Gasteiger partial charge in [0.15, 0.2) is 0 Å². The lowest BCUT2D eigenvalue weighted by Crippen LogP contribution is -2.43. The van der Waals surface area contributed by atoms with Crippen molar-refractivity contribution in [1.29, 1.82) is 0 Å². The van der Waals surface area contributed by atoms with Gasteiger partial charge in [0, 0.05) is 0 Å². The highest BCUT2D eigenvalue weighted by Gasteiger charge is 2.15. The zero-order valence-electron chi connectivity index (χ0n) is 7.06. The van der Waals surface area contributed by atoms with Crippen LogP contribution < -0.4 is 5.32 Å². The van der Waals surface area contributed by atoms with Crippen LogP contribution in [0.15, 0.2) is 0 Å². The summed E-state index contributed by atoms with van der Waals surface area (Å²) in [5, 5.41) is 3.28. The molecule has 1 aliphatic heterocycles. The van der Waals surface area contributed by atoms with Crippen molar-refractivity contribution in [2.75, 3.05) is 33.2 Å². The van der Waals surface area contributed by atoms with E-state index in [0.29, 0.717) is 0 Å². The number of hydrogen-bond acceptors (Lipinski definition) is 2. The van der Waals surface area contributed by atoms with Crippen LogP contribution in [0.5, 0.6) is 0 Å². The fourth-order valence-corrected chi connectivity index (χ4v) is 1.11.